The van der Waals surface area contributed by atoms with Gasteiger partial charge in [0.1, 0.15) is 0 Å². The standard InChI is InChI=1S/C23H29N3/c1-16(2)19-7-8-22-20(13-19)21-15-25(4)11-10-23(21)26(22)12-9-18-6-5-17(3)24-14-18/h5-8,13-14,16H,9-12,15H2,1-4H3. The van der Waals surface area contributed by atoms with E-state index >= 15 is 0 Å². The highest BCUT2D eigenvalue weighted by Crippen LogP contribution is 2.33. The van der Waals surface area contributed by atoms with Crippen LogP contribution in [-0.4, -0.2) is 28.0 Å². The van der Waals surface area contributed by atoms with Gasteiger partial charge < -0.3 is 9.47 Å². The number of pyridine rings is 1. The Morgan fingerprint density at radius 3 is 2.73 bits per heavy atom. The minimum Gasteiger partial charge on any atom is -0.344 e. The molecule has 0 fully saturated rings. The van der Waals surface area contributed by atoms with Crippen LogP contribution in [-0.2, 0) is 25.9 Å². The van der Waals surface area contributed by atoms with E-state index in [0.29, 0.717) is 5.92 Å². The Kier molecular flexibility index (Phi) is 4.58. The van der Waals surface area contributed by atoms with Crippen LogP contribution in [0.4, 0.5) is 0 Å². The first kappa shape index (κ1) is 17.3. The molecule has 3 heterocycles. The number of hydrogen-bond donors (Lipinski definition) is 0. The summed E-state index contributed by atoms with van der Waals surface area (Å²) in [4.78, 5) is 6.90. The maximum absolute atomic E-state index is 4.45. The molecule has 3 heteroatoms. The topological polar surface area (TPSA) is 21.1 Å². The van der Waals surface area contributed by atoms with Gasteiger partial charge >= 0.3 is 0 Å². The molecule has 0 amide bonds. The van der Waals surface area contributed by atoms with Gasteiger partial charge in [-0.25, -0.2) is 0 Å². The zero-order valence-electron chi connectivity index (χ0n) is 16.4. The van der Waals surface area contributed by atoms with Gasteiger partial charge in [0.2, 0.25) is 0 Å². The van der Waals surface area contributed by atoms with Crippen molar-refractivity contribution in [3.63, 3.8) is 0 Å². The number of benzene rings is 1. The molecule has 0 saturated carbocycles. The third-order valence-electron chi connectivity index (χ3n) is 5.73. The molecular formula is C23H29N3. The molecule has 0 spiro atoms. The lowest BCUT2D eigenvalue weighted by Crippen LogP contribution is -2.27. The SMILES string of the molecule is Cc1ccc(CCn2c3c(c4cc(C(C)C)ccc42)CN(C)CC3)cn1. The number of hydrogen-bond acceptors (Lipinski definition) is 2. The van der Waals surface area contributed by atoms with Crippen molar-refractivity contribution in [2.24, 2.45) is 0 Å². The van der Waals surface area contributed by atoms with Gasteiger partial charge in [-0.1, -0.05) is 26.0 Å². The molecule has 1 aromatic carbocycles. The van der Waals surface area contributed by atoms with Crippen molar-refractivity contribution in [1.29, 1.82) is 0 Å². The van der Waals surface area contributed by atoms with Crippen LogP contribution in [0.15, 0.2) is 36.5 Å². The molecule has 0 unspecified atom stereocenters. The third-order valence-corrected chi connectivity index (χ3v) is 5.73. The zero-order valence-corrected chi connectivity index (χ0v) is 16.4. The molecule has 1 aliphatic rings. The quantitative estimate of drug-likeness (QED) is 0.682. The van der Waals surface area contributed by atoms with E-state index in [2.05, 4.69) is 65.7 Å². The van der Waals surface area contributed by atoms with Gasteiger partial charge in [-0.2, -0.15) is 0 Å². The Morgan fingerprint density at radius 1 is 1.15 bits per heavy atom. The zero-order chi connectivity index (χ0) is 18.3. The molecule has 0 N–H and O–H groups in total. The Bertz CT molecular complexity index is 919. The van der Waals surface area contributed by atoms with E-state index in [4.69, 9.17) is 0 Å². The van der Waals surface area contributed by atoms with Crippen molar-refractivity contribution >= 4 is 10.9 Å². The van der Waals surface area contributed by atoms with Crippen molar-refractivity contribution in [2.75, 3.05) is 13.6 Å². The van der Waals surface area contributed by atoms with Crippen molar-refractivity contribution in [2.45, 2.75) is 52.6 Å². The van der Waals surface area contributed by atoms with E-state index in [1.165, 1.54) is 22.0 Å². The highest BCUT2D eigenvalue weighted by Gasteiger charge is 2.22. The molecule has 0 radical (unpaired) electrons. The molecule has 1 aliphatic heterocycles. The minimum atomic E-state index is 0.568. The molecule has 0 atom stereocenters. The summed E-state index contributed by atoms with van der Waals surface area (Å²) in [7, 11) is 2.23. The molecule has 2 aromatic heterocycles. The fourth-order valence-electron chi connectivity index (χ4n) is 4.10. The van der Waals surface area contributed by atoms with Crippen LogP contribution < -0.4 is 0 Å². The van der Waals surface area contributed by atoms with E-state index in [0.717, 1.165) is 38.2 Å². The van der Waals surface area contributed by atoms with Crippen molar-refractivity contribution < 1.29 is 0 Å². The number of rotatable bonds is 4. The predicted molar refractivity (Wildman–Crippen MR) is 109 cm³/mol. The summed E-state index contributed by atoms with van der Waals surface area (Å²) >= 11 is 0. The number of fused-ring (bicyclic) bond motifs is 3. The highest BCUT2D eigenvalue weighted by atomic mass is 15.1. The summed E-state index contributed by atoms with van der Waals surface area (Å²) < 4.78 is 2.57. The van der Waals surface area contributed by atoms with Crippen LogP contribution in [0.25, 0.3) is 10.9 Å². The molecule has 26 heavy (non-hydrogen) atoms. The summed E-state index contributed by atoms with van der Waals surface area (Å²) in [6, 6.07) is 11.4. The molecular weight excluding hydrogens is 318 g/mol. The highest BCUT2D eigenvalue weighted by molar-refractivity contribution is 5.86. The number of likely N-dealkylation sites (N-methyl/N-ethyl adjacent to an activating group) is 1. The second-order valence-electron chi connectivity index (χ2n) is 8.05. The molecule has 3 aromatic rings. The lowest BCUT2D eigenvalue weighted by Gasteiger charge is -2.24. The summed E-state index contributed by atoms with van der Waals surface area (Å²) in [5.41, 5.74) is 8.32. The van der Waals surface area contributed by atoms with E-state index in [-0.39, 0.29) is 0 Å². The maximum atomic E-state index is 4.45. The number of nitrogens with zero attached hydrogens (tertiary/aromatic N) is 3. The fourth-order valence-corrected chi connectivity index (χ4v) is 4.10. The molecule has 4 rings (SSSR count). The average molecular weight is 348 g/mol. The predicted octanol–water partition coefficient (Wildman–Crippen LogP) is 4.70. The van der Waals surface area contributed by atoms with Gasteiger partial charge in [-0.3, -0.25) is 4.98 Å². The summed E-state index contributed by atoms with van der Waals surface area (Å²) in [5.74, 6) is 0.568. The average Bonchev–Trinajstić information content (AvgIpc) is 2.93. The van der Waals surface area contributed by atoms with Gasteiger partial charge in [0.25, 0.3) is 0 Å². The molecule has 136 valence electrons. The van der Waals surface area contributed by atoms with Crippen molar-refractivity contribution in [1.82, 2.24) is 14.5 Å². The first-order chi connectivity index (χ1) is 12.5. The molecule has 3 nitrogen and oxygen atoms in total. The van der Waals surface area contributed by atoms with Crippen LogP contribution in [0.1, 0.15) is 47.8 Å². The summed E-state index contributed by atoms with van der Waals surface area (Å²) in [5, 5.41) is 1.46. The maximum Gasteiger partial charge on any atom is 0.0486 e. The van der Waals surface area contributed by atoms with Crippen LogP contribution in [0.2, 0.25) is 0 Å². The Morgan fingerprint density at radius 2 is 2.00 bits per heavy atom. The van der Waals surface area contributed by atoms with E-state index in [9.17, 15) is 0 Å². The first-order valence-electron chi connectivity index (χ1n) is 9.77. The second-order valence-corrected chi connectivity index (χ2v) is 8.05. The molecule has 0 aliphatic carbocycles. The lowest BCUT2D eigenvalue weighted by molar-refractivity contribution is 0.309. The van der Waals surface area contributed by atoms with Crippen LogP contribution in [0, 0.1) is 6.92 Å². The van der Waals surface area contributed by atoms with E-state index < -0.39 is 0 Å². The van der Waals surface area contributed by atoms with Gasteiger partial charge in [-0.05, 0) is 61.2 Å². The number of aryl methyl sites for hydroxylation is 3. The fraction of sp³-hybridized carbons (Fsp3) is 0.435. The Hall–Kier alpha value is -2.13. The lowest BCUT2D eigenvalue weighted by atomic mass is 9.98. The van der Waals surface area contributed by atoms with Crippen molar-refractivity contribution in [3.8, 4) is 0 Å². The van der Waals surface area contributed by atoms with Crippen LogP contribution in [0.3, 0.4) is 0 Å². The number of aromatic nitrogens is 2. The van der Waals surface area contributed by atoms with Gasteiger partial charge in [0, 0.05) is 54.5 Å². The second kappa shape index (κ2) is 6.88. The van der Waals surface area contributed by atoms with Crippen molar-refractivity contribution in [3.05, 3.63) is 64.6 Å². The molecule has 0 bridgehead atoms. The normalized spacial score (nSPS) is 15.0. The summed E-state index contributed by atoms with van der Waals surface area (Å²) in [6.07, 6.45) is 4.20. The van der Waals surface area contributed by atoms with Gasteiger partial charge in [-0.15, -0.1) is 0 Å². The first-order valence-corrected chi connectivity index (χ1v) is 9.77. The van der Waals surface area contributed by atoms with Gasteiger partial charge in [0.15, 0.2) is 0 Å². The van der Waals surface area contributed by atoms with E-state index in [1.807, 2.05) is 13.1 Å². The minimum absolute atomic E-state index is 0.568. The monoisotopic (exact) mass is 347 g/mol. The Balaban J connectivity index is 1.74. The van der Waals surface area contributed by atoms with E-state index in [1.54, 1.807) is 11.3 Å². The van der Waals surface area contributed by atoms with Crippen LogP contribution >= 0.6 is 0 Å². The largest absolute Gasteiger partial charge is 0.344 e. The van der Waals surface area contributed by atoms with Crippen LogP contribution in [0.5, 0.6) is 0 Å². The van der Waals surface area contributed by atoms with Gasteiger partial charge in [0.05, 0.1) is 0 Å². The summed E-state index contributed by atoms with van der Waals surface area (Å²) in [6.45, 7) is 9.84. The molecule has 0 saturated heterocycles. The smallest absolute Gasteiger partial charge is 0.0486 e. The Labute approximate surface area is 156 Å². The third kappa shape index (κ3) is 3.16.